The van der Waals surface area contributed by atoms with Crippen LogP contribution in [0.15, 0.2) is 36.5 Å². The Kier molecular flexibility index (Phi) is 7.21. The average molecular weight is 383 g/mol. The van der Waals surface area contributed by atoms with E-state index in [2.05, 4.69) is 11.6 Å². The van der Waals surface area contributed by atoms with Gasteiger partial charge in [0.25, 0.3) is 0 Å². The van der Waals surface area contributed by atoms with Crippen molar-refractivity contribution in [3.8, 4) is 17.2 Å². The largest absolute Gasteiger partial charge is 0.507 e. The summed E-state index contributed by atoms with van der Waals surface area (Å²) in [7, 11) is 4.35. The number of aromatic hydroxyl groups is 1. The topological polar surface area (TPSA) is 77.9 Å². The Morgan fingerprint density at radius 2 is 1.93 bits per heavy atom. The number of aromatic nitrogens is 1. The van der Waals surface area contributed by atoms with Gasteiger partial charge in [-0.25, -0.2) is 4.79 Å². The lowest BCUT2D eigenvalue weighted by Crippen LogP contribution is -2.07. The minimum atomic E-state index is -0.635. The van der Waals surface area contributed by atoms with Crippen molar-refractivity contribution in [2.24, 2.45) is 0 Å². The molecule has 1 aromatic heterocycles. The molecule has 0 aliphatic heterocycles. The number of ether oxygens (including phenoxy) is 3. The van der Waals surface area contributed by atoms with Crippen LogP contribution in [-0.4, -0.2) is 37.4 Å². The fraction of sp³-hybridized carbons (Fsp3) is 0.273. The summed E-state index contributed by atoms with van der Waals surface area (Å²) in [5, 5.41) is 10.8. The van der Waals surface area contributed by atoms with Crippen molar-refractivity contribution in [3.63, 3.8) is 0 Å². The molecule has 0 spiro atoms. The molecule has 0 bridgehead atoms. The predicted molar refractivity (Wildman–Crippen MR) is 109 cm³/mol. The Morgan fingerprint density at radius 1 is 1.21 bits per heavy atom. The van der Waals surface area contributed by atoms with Crippen molar-refractivity contribution in [1.29, 1.82) is 0 Å². The zero-order valence-corrected chi connectivity index (χ0v) is 16.6. The first kappa shape index (κ1) is 21.0. The van der Waals surface area contributed by atoms with Crippen LogP contribution in [0.5, 0.6) is 17.2 Å². The van der Waals surface area contributed by atoms with Gasteiger partial charge in [-0.1, -0.05) is 11.6 Å². The van der Waals surface area contributed by atoms with Crippen LogP contribution in [0.4, 0.5) is 0 Å². The molecule has 28 heavy (non-hydrogen) atoms. The van der Waals surface area contributed by atoms with E-state index in [-0.39, 0.29) is 11.3 Å². The van der Waals surface area contributed by atoms with E-state index < -0.39 is 5.97 Å². The molecule has 148 valence electrons. The molecular weight excluding hydrogens is 358 g/mol. The lowest BCUT2D eigenvalue weighted by atomic mass is 9.96. The Bertz CT molecular complexity index is 902. The van der Waals surface area contributed by atoms with E-state index in [1.807, 2.05) is 6.92 Å². The van der Waals surface area contributed by atoms with Gasteiger partial charge in [-0.05, 0) is 49.6 Å². The lowest BCUT2D eigenvalue weighted by molar-refractivity contribution is 0.0597. The number of hydrogen-bond donors (Lipinski definition) is 1. The molecule has 1 N–H and O–H groups in total. The van der Waals surface area contributed by atoms with Crippen LogP contribution in [0, 0.1) is 0 Å². The van der Waals surface area contributed by atoms with E-state index in [0.717, 1.165) is 5.57 Å². The molecule has 0 saturated heterocycles. The van der Waals surface area contributed by atoms with Crippen LogP contribution >= 0.6 is 0 Å². The lowest BCUT2D eigenvalue weighted by Gasteiger charge is -2.16. The second kappa shape index (κ2) is 9.60. The fourth-order valence-corrected chi connectivity index (χ4v) is 2.78. The number of phenolic OH excluding ortho intramolecular Hbond substituents is 1. The number of nitrogens with zero attached hydrogens (tertiary/aromatic N) is 1. The number of pyridine rings is 1. The summed E-state index contributed by atoms with van der Waals surface area (Å²) in [5.41, 5.74) is 2.62. The van der Waals surface area contributed by atoms with E-state index in [0.29, 0.717) is 41.2 Å². The number of allylic oxidation sites excluding steroid dienone is 1. The van der Waals surface area contributed by atoms with Gasteiger partial charge in [0, 0.05) is 11.8 Å². The summed E-state index contributed by atoms with van der Waals surface area (Å²) in [6.07, 6.45) is 6.16. The number of phenols is 1. The van der Waals surface area contributed by atoms with Crippen molar-refractivity contribution < 1.29 is 24.1 Å². The Labute approximate surface area is 165 Å². The summed E-state index contributed by atoms with van der Waals surface area (Å²) in [5.74, 6) is 0.288. The Balaban J connectivity index is 2.59. The molecule has 0 atom stereocenters. The fourth-order valence-electron chi connectivity index (χ4n) is 2.78. The number of esters is 1. The quantitative estimate of drug-likeness (QED) is 0.542. The first-order chi connectivity index (χ1) is 13.4. The van der Waals surface area contributed by atoms with Gasteiger partial charge in [-0.2, -0.15) is 0 Å². The Hall–Kier alpha value is -3.28. The molecule has 6 nitrogen and oxygen atoms in total. The molecule has 1 heterocycles. The molecule has 0 amide bonds. The van der Waals surface area contributed by atoms with Crippen molar-refractivity contribution in [2.75, 3.05) is 21.3 Å². The summed E-state index contributed by atoms with van der Waals surface area (Å²) < 4.78 is 15.6. The molecule has 2 rings (SSSR count). The molecule has 0 aliphatic rings. The number of carbonyl (C=O) groups is 1. The second-order valence-corrected chi connectivity index (χ2v) is 6.24. The van der Waals surface area contributed by atoms with Crippen molar-refractivity contribution >= 4 is 18.1 Å². The zero-order valence-electron chi connectivity index (χ0n) is 16.6. The van der Waals surface area contributed by atoms with Gasteiger partial charge in [0.2, 0.25) is 0 Å². The number of rotatable bonds is 8. The zero-order chi connectivity index (χ0) is 20.7. The number of benzene rings is 1. The molecule has 0 fully saturated rings. The summed E-state index contributed by atoms with van der Waals surface area (Å²) in [6, 6.07) is 5.25. The van der Waals surface area contributed by atoms with E-state index >= 15 is 0 Å². The Morgan fingerprint density at radius 3 is 2.54 bits per heavy atom. The van der Waals surface area contributed by atoms with Crippen molar-refractivity contribution in [2.45, 2.75) is 19.8 Å². The van der Waals surface area contributed by atoms with Crippen LogP contribution in [0.1, 0.15) is 40.5 Å². The highest BCUT2D eigenvalue weighted by Gasteiger charge is 2.23. The molecule has 6 heteroatoms. The van der Waals surface area contributed by atoms with Gasteiger partial charge in [0.15, 0.2) is 0 Å². The third-order valence-corrected chi connectivity index (χ3v) is 4.25. The van der Waals surface area contributed by atoms with Gasteiger partial charge in [0.1, 0.15) is 28.5 Å². The molecule has 1 aromatic carbocycles. The van der Waals surface area contributed by atoms with Gasteiger partial charge >= 0.3 is 5.97 Å². The van der Waals surface area contributed by atoms with Crippen LogP contribution < -0.4 is 9.47 Å². The first-order valence-electron chi connectivity index (χ1n) is 8.75. The first-order valence-corrected chi connectivity index (χ1v) is 8.75. The molecular formula is C22H25NO5. The summed E-state index contributed by atoms with van der Waals surface area (Å²) in [4.78, 5) is 16.6. The monoisotopic (exact) mass is 383 g/mol. The van der Waals surface area contributed by atoms with E-state index in [1.54, 1.807) is 43.7 Å². The number of hydrogen-bond acceptors (Lipinski definition) is 6. The minimum absolute atomic E-state index is 0.0752. The standard InChI is InChI=1S/C22H25NO5/c1-14(2)8-10-16-19(27-4)13-15(20(21(16)24)22(25)28-5)9-11-17-18(26-3)7-6-12-23-17/h6-7,9,11-13,24H,1,8,10H2,2-5H3. The maximum Gasteiger partial charge on any atom is 0.342 e. The van der Waals surface area contributed by atoms with Crippen molar-refractivity contribution in [3.05, 3.63) is 58.9 Å². The number of carbonyl (C=O) groups excluding carboxylic acids is 1. The van der Waals surface area contributed by atoms with Gasteiger partial charge in [0.05, 0.1) is 21.3 Å². The highest BCUT2D eigenvalue weighted by atomic mass is 16.5. The van der Waals surface area contributed by atoms with E-state index in [1.165, 1.54) is 14.2 Å². The molecule has 0 aliphatic carbocycles. The molecule has 0 unspecified atom stereocenters. The van der Waals surface area contributed by atoms with Gasteiger partial charge in [-0.3, -0.25) is 4.98 Å². The van der Waals surface area contributed by atoms with Crippen molar-refractivity contribution in [1.82, 2.24) is 4.98 Å². The number of methoxy groups -OCH3 is 3. The minimum Gasteiger partial charge on any atom is -0.507 e. The average Bonchev–Trinajstić information content (AvgIpc) is 2.70. The van der Waals surface area contributed by atoms with E-state index in [9.17, 15) is 9.90 Å². The smallest absolute Gasteiger partial charge is 0.342 e. The van der Waals surface area contributed by atoms with Crippen LogP contribution in [-0.2, 0) is 11.2 Å². The van der Waals surface area contributed by atoms with Crippen LogP contribution in [0.25, 0.3) is 12.2 Å². The highest BCUT2D eigenvalue weighted by Crippen LogP contribution is 2.37. The van der Waals surface area contributed by atoms with Gasteiger partial charge < -0.3 is 19.3 Å². The maximum atomic E-state index is 12.4. The van der Waals surface area contributed by atoms with Crippen LogP contribution in [0.2, 0.25) is 0 Å². The SMILES string of the molecule is C=C(C)CCc1c(OC)cc(C=Cc2ncccc2OC)c(C(=O)OC)c1O. The van der Waals surface area contributed by atoms with Crippen LogP contribution in [0.3, 0.4) is 0 Å². The molecule has 0 radical (unpaired) electrons. The van der Waals surface area contributed by atoms with Gasteiger partial charge in [-0.15, -0.1) is 6.58 Å². The molecule has 0 saturated carbocycles. The molecule has 2 aromatic rings. The third kappa shape index (κ3) is 4.71. The maximum absolute atomic E-state index is 12.4. The summed E-state index contributed by atoms with van der Waals surface area (Å²) in [6.45, 7) is 5.79. The third-order valence-electron chi connectivity index (χ3n) is 4.25. The highest BCUT2D eigenvalue weighted by molar-refractivity contribution is 5.98. The normalized spacial score (nSPS) is 10.7. The predicted octanol–water partition coefficient (Wildman–Crippen LogP) is 4.27. The van der Waals surface area contributed by atoms with E-state index in [4.69, 9.17) is 14.2 Å². The summed E-state index contributed by atoms with van der Waals surface area (Å²) >= 11 is 0. The second-order valence-electron chi connectivity index (χ2n) is 6.24.